The van der Waals surface area contributed by atoms with Crippen LogP contribution < -0.4 is 11.1 Å². The van der Waals surface area contributed by atoms with Gasteiger partial charge in [-0.25, -0.2) is 0 Å². The number of nitrogens with zero attached hydrogens (tertiary/aromatic N) is 1. The van der Waals surface area contributed by atoms with E-state index in [1.807, 2.05) is 0 Å². The van der Waals surface area contributed by atoms with Gasteiger partial charge in [-0.15, -0.1) is 0 Å². The number of rotatable bonds is 4. The van der Waals surface area contributed by atoms with Gasteiger partial charge in [-0.05, 0) is 37.2 Å². The van der Waals surface area contributed by atoms with Crippen molar-refractivity contribution in [1.29, 1.82) is 0 Å². The molecule has 3 N–H and O–H groups in total. The van der Waals surface area contributed by atoms with Gasteiger partial charge >= 0.3 is 6.18 Å². The molecule has 1 saturated carbocycles. The molecule has 0 radical (unpaired) electrons. The van der Waals surface area contributed by atoms with E-state index in [1.54, 1.807) is 0 Å². The van der Waals surface area contributed by atoms with Gasteiger partial charge in [0.2, 0.25) is 0 Å². The summed E-state index contributed by atoms with van der Waals surface area (Å²) in [5, 5.41) is 3.56. The van der Waals surface area contributed by atoms with Gasteiger partial charge in [0.15, 0.2) is 0 Å². The van der Waals surface area contributed by atoms with Crippen molar-refractivity contribution in [2.75, 3.05) is 11.1 Å². The lowest BCUT2D eigenvalue weighted by molar-refractivity contribution is -0.136. The molecule has 0 amide bonds. The van der Waals surface area contributed by atoms with Crippen LogP contribution in [-0.2, 0) is 0 Å². The van der Waals surface area contributed by atoms with Crippen LogP contribution in [0.2, 0.25) is 0 Å². The molecule has 1 heterocycles. The molecule has 1 unspecified atom stereocenters. The molecule has 0 bridgehead atoms. The highest BCUT2D eigenvalue weighted by atomic mass is 32.1. The SMILES string of the molecule is CC(CC(F)(F)F)Nc1snc(N)c1C1CC1. The largest absolute Gasteiger partial charge is 0.391 e. The van der Waals surface area contributed by atoms with E-state index in [1.165, 1.54) is 6.92 Å². The van der Waals surface area contributed by atoms with Gasteiger partial charge in [-0.2, -0.15) is 17.5 Å². The van der Waals surface area contributed by atoms with Crippen molar-refractivity contribution in [2.24, 2.45) is 0 Å². The molecule has 1 aliphatic carbocycles. The Morgan fingerprint density at radius 3 is 2.71 bits per heavy atom. The number of halogens is 3. The quantitative estimate of drug-likeness (QED) is 0.877. The van der Waals surface area contributed by atoms with Crippen molar-refractivity contribution in [3.05, 3.63) is 5.56 Å². The number of anilines is 2. The normalized spacial score (nSPS) is 18.1. The zero-order chi connectivity index (χ0) is 12.6. The van der Waals surface area contributed by atoms with Gasteiger partial charge in [0.05, 0.1) is 6.42 Å². The molecule has 3 nitrogen and oxygen atoms in total. The highest BCUT2D eigenvalue weighted by molar-refractivity contribution is 7.10. The highest BCUT2D eigenvalue weighted by Gasteiger charge is 2.33. The molecule has 0 aromatic carbocycles. The molecule has 1 aromatic rings. The molecule has 17 heavy (non-hydrogen) atoms. The Labute approximate surface area is 101 Å². The van der Waals surface area contributed by atoms with E-state index in [4.69, 9.17) is 5.73 Å². The fraction of sp³-hybridized carbons (Fsp3) is 0.700. The molecular weight excluding hydrogens is 251 g/mol. The minimum atomic E-state index is -4.15. The van der Waals surface area contributed by atoms with E-state index in [9.17, 15) is 13.2 Å². The highest BCUT2D eigenvalue weighted by Crippen LogP contribution is 2.47. The van der Waals surface area contributed by atoms with Crippen LogP contribution in [0.4, 0.5) is 24.0 Å². The Bertz CT molecular complexity index is 398. The summed E-state index contributed by atoms with van der Waals surface area (Å²) in [6.45, 7) is 1.51. The molecule has 0 aliphatic heterocycles. The summed E-state index contributed by atoms with van der Waals surface area (Å²) >= 11 is 1.15. The Hall–Kier alpha value is -0.980. The van der Waals surface area contributed by atoms with Crippen molar-refractivity contribution in [2.45, 2.75) is 44.3 Å². The van der Waals surface area contributed by atoms with Crippen molar-refractivity contribution in [3.63, 3.8) is 0 Å². The monoisotopic (exact) mass is 265 g/mol. The molecule has 2 rings (SSSR count). The second kappa shape index (κ2) is 4.36. The fourth-order valence-corrected chi connectivity index (χ4v) is 2.71. The number of nitrogen functional groups attached to an aromatic ring is 1. The lowest BCUT2D eigenvalue weighted by atomic mass is 10.2. The Morgan fingerprint density at radius 2 is 2.18 bits per heavy atom. The lowest BCUT2D eigenvalue weighted by Crippen LogP contribution is -2.23. The zero-order valence-corrected chi connectivity index (χ0v) is 10.2. The summed E-state index contributed by atoms with van der Waals surface area (Å²) in [5.41, 5.74) is 6.63. The van der Waals surface area contributed by atoms with Crippen molar-refractivity contribution < 1.29 is 13.2 Å². The molecule has 1 aromatic heterocycles. The predicted molar refractivity (Wildman–Crippen MR) is 62.3 cm³/mol. The van der Waals surface area contributed by atoms with Crippen LogP contribution in [0.25, 0.3) is 0 Å². The molecule has 0 saturated heterocycles. The van der Waals surface area contributed by atoms with E-state index >= 15 is 0 Å². The predicted octanol–water partition coefficient (Wildman–Crippen LogP) is 3.36. The van der Waals surface area contributed by atoms with Crippen LogP contribution in [-0.4, -0.2) is 16.6 Å². The summed E-state index contributed by atoms with van der Waals surface area (Å²) in [7, 11) is 0. The van der Waals surface area contributed by atoms with Crippen molar-refractivity contribution in [1.82, 2.24) is 4.37 Å². The number of hydrogen-bond acceptors (Lipinski definition) is 4. The van der Waals surface area contributed by atoms with Gasteiger partial charge in [0, 0.05) is 11.6 Å². The van der Waals surface area contributed by atoms with E-state index in [2.05, 4.69) is 9.69 Å². The summed E-state index contributed by atoms with van der Waals surface area (Å²) < 4.78 is 40.6. The molecule has 7 heteroatoms. The van der Waals surface area contributed by atoms with Gasteiger partial charge < -0.3 is 11.1 Å². The second-order valence-corrected chi connectivity index (χ2v) is 5.22. The maximum absolute atomic E-state index is 12.2. The van der Waals surface area contributed by atoms with Crippen LogP contribution in [0.1, 0.15) is 37.7 Å². The Kier molecular flexibility index (Phi) is 3.20. The molecule has 0 spiro atoms. The first-order chi connectivity index (χ1) is 7.87. The minimum Gasteiger partial charge on any atom is -0.383 e. The standard InChI is InChI=1S/C10H14F3N3S/c1-5(4-10(11,12)13)15-9-7(6-2-3-6)8(14)16-17-9/h5-6,15H,2-4H2,1H3,(H2,14,16). The van der Waals surface area contributed by atoms with Gasteiger partial charge in [0.25, 0.3) is 0 Å². The third-order valence-corrected chi connectivity index (χ3v) is 3.46. The van der Waals surface area contributed by atoms with Crippen molar-refractivity contribution >= 4 is 22.4 Å². The average molecular weight is 265 g/mol. The van der Waals surface area contributed by atoms with E-state index < -0.39 is 18.6 Å². The first kappa shape index (κ1) is 12.5. The summed E-state index contributed by atoms with van der Waals surface area (Å²) in [6.07, 6.45) is -2.91. The van der Waals surface area contributed by atoms with Crippen LogP contribution in [0.3, 0.4) is 0 Å². The zero-order valence-electron chi connectivity index (χ0n) is 9.34. The van der Waals surface area contributed by atoms with Crippen molar-refractivity contribution in [3.8, 4) is 0 Å². The average Bonchev–Trinajstić information content (AvgIpc) is 2.90. The summed E-state index contributed by atoms with van der Waals surface area (Å²) in [4.78, 5) is 0. The third-order valence-electron chi connectivity index (χ3n) is 2.66. The summed E-state index contributed by atoms with van der Waals surface area (Å²) in [6, 6.07) is -0.660. The van der Waals surface area contributed by atoms with E-state index in [0.717, 1.165) is 29.9 Å². The number of alkyl halides is 3. The first-order valence-electron chi connectivity index (χ1n) is 5.45. The number of aromatic nitrogens is 1. The van der Waals surface area contributed by atoms with Crippen LogP contribution in [0.15, 0.2) is 0 Å². The minimum absolute atomic E-state index is 0.384. The van der Waals surface area contributed by atoms with Crippen LogP contribution in [0, 0.1) is 0 Å². The molecule has 1 fully saturated rings. The van der Waals surface area contributed by atoms with Crippen LogP contribution >= 0.6 is 11.5 Å². The van der Waals surface area contributed by atoms with Crippen LogP contribution in [0.5, 0.6) is 0 Å². The smallest absolute Gasteiger partial charge is 0.383 e. The lowest BCUT2D eigenvalue weighted by Gasteiger charge is -2.16. The molecular formula is C10H14F3N3S. The number of nitrogens with one attached hydrogen (secondary N) is 1. The van der Waals surface area contributed by atoms with E-state index in [0.29, 0.717) is 16.7 Å². The number of nitrogens with two attached hydrogens (primary N) is 1. The van der Waals surface area contributed by atoms with Gasteiger partial charge in [-0.3, -0.25) is 0 Å². The maximum atomic E-state index is 12.2. The second-order valence-electron chi connectivity index (χ2n) is 4.45. The fourth-order valence-electron chi connectivity index (χ4n) is 1.80. The third kappa shape index (κ3) is 3.24. The topological polar surface area (TPSA) is 50.9 Å². The van der Waals surface area contributed by atoms with Gasteiger partial charge in [0.1, 0.15) is 10.8 Å². The summed E-state index contributed by atoms with van der Waals surface area (Å²) in [5.74, 6) is 0.841. The van der Waals surface area contributed by atoms with E-state index in [-0.39, 0.29) is 0 Å². The van der Waals surface area contributed by atoms with Gasteiger partial charge in [-0.1, -0.05) is 0 Å². The Morgan fingerprint density at radius 1 is 1.53 bits per heavy atom. The maximum Gasteiger partial charge on any atom is 0.391 e. The Balaban J connectivity index is 2.03. The molecule has 96 valence electrons. The first-order valence-corrected chi connectivity index (χ1v) is 6.22. The molecule has 1 atom stereocenters. The molecule has 1 aliphatic rings. The number of hydrogen-bond donors (Lipinski definition) is 2.